The summed E-state index contributed by atoms with van der Waals surface area (Å²) in [6.45, 7) is 4.51. The highest BCUT2D eigenvalue weighted by Gasteiger charge is 2.14. The molecule has 0 aliphatic heterocycles. The number of furan rings is 1. The summed E-state index contributed by atoms with van der Waals surface area (Å²) in [5.41, 5.74) is 0.358. The number of nitrogens with zero attached hydrogens (tertiary/aromatic N) is 2. The van der Waals surface area contributed by atoms with Gasteiger partial charge in [0.15, 0.2) is 5.76 Å². The van der Waals surface area contributed by atoms with Gasteiger partial charge in [0.1, 0.15) is 5.69 Å². The molecule has 0 atom stereocenters. The number of hydrogen-bond acceptors (Lipinski definition) is 6. The lowest BCUT2D eigenvalue weighted by molar-refractivity contribution is 0.0996. The van der Waals surface area contributed by atoms with Gasteiger partial charge in [0.05, 0.1) is 25.7 Å². The van der Waals surface area contributed by atoms with Crippen LogP contribution in [0.3, 0.4) is 0 Å². The molecule has 2 heterocycles. The Morgan fingerprint density at radius 2 is 2.15 bits per heavy atom. The second-order valence-corrected chi connectivity index (χ2v) is 3.67. The minimum atomic E-state index is -0.399. The molecule has 2 rings (SSSR count). The molecule has 0 bridgehead atoms. The smallest absolute Gasteiger partial charge is 0.319 e. The number of hydrogen-bond donors (Lipinski definition) is 1. The summed E-state index contributed by atoms with van der Waals surface area (Å²) in [6, 6.07) is 3.39. The van der Waals surface area contributed by atoms with Crippen molar-refractivity contribution in [1.82, 2.24) is 9.97 Å². The SMILES string of the molecule is CCOc1ncc(NC(=O)c2ccco2)c(OCC)n1. The monoisotopic (exact) mass is 277 g/mol. The largest absolute Gasteiger partial charge is 0.476 e. The number of ether oxygens (including phenoxy) is 2. The molecular formula is C13H15N3O4. The molecule has 0 spiro atoms. The first kappa shape index (κ1) is 13.9. The van der Waals surface area contributed by atoms with Crippen molar-refractivity contribution in [2.24, 2.45) is 0 Å². The summed E-state index contributed by atoms with van der Waals surface area (Å²) in [4.78, 5) is 20.0. The topological polar surface area (TPSA) is 86.5 Å². The fraction of sp³-hybridized carbons (Fsp3) is 0.308. The Kier molecular flexibility index (Phi) is 4.54. The Labute approximate surface area is 115 Å². The molecule has 7 heteroatoms. The van der Waals surface area contributed by atoms with E-state index in [0.717, 1.165) is 0 Å². The van der Waals surface area contributed by atoms with Crippen LogP contribution in [0.25, 0.3) is 0 Å². The molecule has 0 aliphatic rings. The number of aromatic nitrogens is 2. The molecule has 2 aromatic rings. The first-order chi connectivity index (χ1) is 9.74. The Morgan fingerprint density at radius 3 is 2.80 bits per heavy atom. The Bertz CT molecular complexity index is 569. The molecule has 0 aromatic carbocycles. The number of nitrogens with one attached hydrogen (secondary N) is 1. The summed E-state index contributed by atoms with van der Waals surface area (Å²) < 4.78 is 15.6. The quantitative estimate of drug-likeness (QED) is 0.870. The second kappa shape index (κ2) is 6.55. The van der Waals surface area contributed by atoms with Crippen molar-refractivity contribution in [3.63, 3.8) is 0 Å². The van der Waals surface area contributed by atoms with E-state index in [1.807, 2.05) is 13.8 Å². The van der Waals surface area contributed by atoms with Crippen molar-refractivity contribution in [2.45, 2.75) is 13.8 Å². The summed E-state index contributed by atoms with van der Waals surface area (Å²) in [5.74, 6) is 0.0518. The van der Waals surface area contributed by atoms with Gasteiger partial charge in [-0.05, 0) is 26.0 Å². The highest BCUT2D eigenvalue weighted by Crippen LogP contribution is 2.23. The van der Waals surface area contributed by atoms with Crippen LogP contribution in [0.1, 0.15) is 24.4 Å². The van der Waals surface area contributed by atoms with Crippen LogP contribution in [0.2, 0.25) is 0 Å². The molecule has 106 valence electrons. The zero-order valence-electron chi connectivity index (χ0n) is 11.3. The van der Waals surface area contributed by atoms with Crippen molar-refractivity contribution in [2.75, 3.05) is 18.5 Å². The summed E-state index contributed by atoms with van der Waals surface area (Å²) >= 11 is 0. The van der Waals surface area contributed by atoms with Gasteiger partial charge in [-0.3, -0.25) is 4.79 Å². The molecule has 0 saturated carbocycles. The minimum absolute atomic E-state index is 0.196. The maximum absolute atomic E-state index is 11.9. The van der Waals surface area contributed by atoms with Gasteiger partial charge >= 0.3 is 6.01 Å². The number of amides is 1. The van der Waals surface area contributed by atoms with E-state index >= 15 is 0 Å². The highest BCUT2D eigenvalue weighted by atomic mass is 16.5. The molecule has 20 heavy (non-hydrogen) atoms. The average molecular weight is 277 g/mol. The molecule has 0 aliphatic carbocycles. The normalized spacial score (nSPS) is 10.1. The van der Waals surface area contributed by atoms with Crippen LogP contribution in [-0.2, 0) is 0 Å². The van der Waals surface area contributed by atoms with E-state index in [0.29, 0.717) is 18.9 Å². The van der Waals surface area contributed by atoms with Crippen molar-refractivity contribution in [3.05, 3.63) is 30.4 Å². The number of anilines is 1. The number of carbonyl (C=O) groups excluding carboxylic acids is 1. The van der Waals surface area contributed by atoms with E-state index in [-0.39, 0.29) is 17.7 Å². The molecule has 1 N–H and O–H groups in total. The van der Waals surface area contributed by atoms with Gasteiger partial charge in [-0.25, -0.2) is 4.98 Å². The van der Waals surface area contributed by atoms with Crippen LogP contribution >= 0.6 is 0 Å². The van der Waals surface area contributed by atoms with E-state index in [1.54, 1.807) is 12.1 Å². The average Bonchev–Trinajstić information content (AvgIpc) is 2.96. The lowest BCUT2D eigenvalue weighted by atomic mass is 10.4. The van der Waals surface area contributed by atoms with Crippen LogP contribution in [-0.4, -0.2) is 29.1 Å². The fourth-order valence-electron chi connectivity index (χ4n) is 1.47. The van der Waals surface area contributed by atoms with Crippen LogP contribution < -0.4 is 14.8 Å². The third-order valence-corrected chi connectivity index (χ3v) is 2.28. The lowest BCUT2D eigenvalue weighted by Crippen LogP contribution is -2.13. The van der Waals surface area contributed by atoms with E-state index < -0.39 is 5.91 Å². The van der Waals surface area contributed by atoms with E-state index in [1.165, 1.54) is 12.5 Å². The first-order valence-corrected chi connectivity index (χ1v) is 6.22. The van der Waals surface area contributed by atoms with Crippen LogP contribution in [0.15, 0.2) is 29.0 Å². The number of carbonyl (C=O) groups is 1. The second-order valence-electron chi connectivity index (χ2n) is 3.67. The first-order valence-electron chi connectivity index (χ1n) is 6.22. The van der Waals surface area contributed by atoms with Crippen LogP contribution in [0.4, 0.5) is 5.69 Å². The molecule has 0 radical (unpaired) electrons. The van der Waals surface area contributed by atoms with Gasteiger partial charge in [-0.1, -0.05) is 0 Å². The molecule has 0 fully saturated rings. The molecule has 0 saturated heterocycles. The van der Waals surface area contributed by atoms with Gasteiger partial charge in [0, 0.05) is 0 Å². The van der Waals surface area contributed by atoms with E-state index in [2.05, 4.69) is 15.3 Å². The molecule has 2 aromatic heterocycles. The molecule has 1 amide bonds. The van der Waals surface area contributed by atoms with Crippen molar-refractivity contribution in [1.29, 1.82) is 0 Å². The van der Waals surface area contributed by atoms with Gasteiger partial charge in [0.25, 0.3) is 5.91 Å². The summed E-state index contributed by atoms with van der Waals surface area (Å²) in [5, 5.41) is 2.63. The third-order valence-electron chi connectivity index (χ3n) is 2.28. The van der Waals surface area contributed by atoms with Crippen LogP contribution in [0.5, 0.6) is 11.9 Å². The zero-order chi connectivity index (χ0) is 14.4. The van der Waals surface area contributed by atoms with Crippen molar-refractivity contribution >= 4 is 11.6 Å². The molecule has 7 nitrogen and oxygen atoms in total. The Morgan fingerprint density at radius 1 is 1.35 bits per heavy atom. The summed E-state index contributed by atoms with van der Waals surface area (Å²) in [7, 11) is 0. The Hall–Kier alpha value is -2.57. The Balaban J connectivity index is 2.19. The maximum atomic E-state index is 11.9. The van der Waals surface area contributed by atoms with Gasteiger partial charge < -0.3 is 19.2 Å². The zero-order valence-corrected chi connectivity index (χ0v) is 11.3. The van der Waals surface area contributed by atoms with Crippen molar-refractivity contribution in [3.8, 4) is 11.9 Å². The minimum Gasteiger partial charge on any atom is -0.476 e. The van der Waals surface area contributed by atoms with Gasteiger partial charge in [-0.2, -0.15) is 4.98 Å². The predicted octanol–water partition coefficient (Wildman–Crippen LogP) is 2.12. The summed E-state index contributed by atoms with van der Waals surface area (Å²) in [6.07, 6.45) is 2.86. The molecule has 0 unspecified atom stereocenters. The highest BCUT2D eigenvalue weighted by molar-refractivity contribution is 6.02. The van der Waals surface area contributed by atoms with Gasteiger partial charge in [-0.15, -0.1) is 0 Å². The molecular weight excluding hydrogens is 262 g/mol. The fourth-order valence-corrected chi connectivity index (χ4v) is 1.47. The van der Waals surface area contributed by atoms with E-state index in [4.69, 9.17) is 13.9 Å². The number of rotatable bonds is 6. The van der Waals surface area contributed by atoms with Crippen LogP contribution in [0, 0.1) is 0 Å². The standard InChI is InChI=1S/C13H15N3O4/c1-3-18-12-9(8-14-13(16-12)19-4-2)15-11(17)10-6-5-7-20-10/h5-8H,3-4H2,1-2H3,(H,15,17). The predicted molar refractivity (Wildman–Crippen MR) is 71.0 cm³/mol. The maximum Gasteiger partial charge on any atom is 0.319 e. The third kappa shape index (κ3) is 3.25. The van der Waals surface area contributed by atoms with Gasteiger partial charge in [0.2, 0.25) is 5.88 Å². The lowest BCUT2D eigenvalue weighted by Gasteiger charge is -2.10. The van der Waals surface area contributed by atoms with E-state index in [9.17, 15) is 4.79 Å². The van der Waals surface area contributed by atoms with Crippen molar-refractivity contribution < 1.29 is 18.7 Å².